The Bertz CT molecular complexity index is 1390. The molecule has 4 aromatic rings. The van der Waals surface area contributed by atoms with Crippen molar-refractivity contribution in [1.82, 2.24) is 19.5 Å². The number of nitrogens with zero attached hydrogens (tertiary/aromatic N) is 4. The van der Waals surface area contributed by atoms with Crippen molar-refractivity contribution in [3.63, 3.8) is 0 Å². The first-order valence-corrected chi connectivity index (χ1v) is 11.5. The molecule has 4 rings (SSSR count). The summed E-state index contributed by atoms with van der Waals surface area (Å²) in [5.74, 6) is 2.85. The SMILES string of the molecule is Cc1nc(Oc2ccc(NS(=O)(=O)c3cc(Cl)ccc3C)cc2)cc(-n2ccnc2C)n1. The van der Waals surface area contributed by atoms with Crippen LogP contribution in [0.2, 0.25) is 5.02 Å². The number of hydrogen-bond acceptors (Lipinski definition) is 6. The highest BCUT2D eigenvalue weighted by molar-refractivity contribution is 7.92. The molecule has 0 aliphatic rings. The fourth-order valence-corrected chi connectivity index (χ4v) is 4.67. The van der Waals surface area contributed by atoms with E-state index in [0.29, 0.717) is 39.5 Å². The van der Waals surface area contributed by atoms with Gasteiger partial charge in [0, 0.05) is 29.2 Å². The van der Waals surface area contributed by atoms with Crippen LogP contribution in [0.4, 0.5) is 5.69 Å². The van der Waals surface area contributed by atoms with Crippen molar-refractivity contribution in [2.45, 2.75) is 25.7 Å². The lowest BCUT2D eigenvalue weighted by molar-refractivity contribution is 0.459. The molecule has 0 aliphatic carbocycles. The highest BCUT2D eigenvalue weighted by atomic mass is 35.5. The van der Waals surface area contributed by atoms with E-state index in [2.05, 4.69) is 19.7 Å². The topological polar surface area (TPSA) is 99.0 Å². The van der Waals surface area contributed by atoms with E-state index >= 15 is 0 Å². The third-order valence-electron chi connectivity index (χ3n) is 4.64. The molecule has 164 valence electrons. The average Bonchev–Trinajstić information content (AvgIpc) is 3.16. The maximum Gasteiger partial charge on any atom is 0.262 e. The van der Waals surface area contributed by atoms with Crippen LogP contribution in [-0.2, 0) is 10.0 Å². The molecule has 8 nitrogen and oxygen atoms in total. The predicted molar refractivity (Wildman–Crippen MR) is 122 cm³/mol. The van der Waals surface area contributed by atoms with Gasteiger partial charge in [0.25, 0.3) is 10.0 Å². The minimum Gasteiger partial charge on any atom is -0.439 e. The molecule has 0 aliphatic heterocycles. The number of halogens is 1. The minimum absolute atomic E-state index is 0.129. The van der Waals surface area contributed by atoms with Gasteiger partial charge < -0.3 is 4.74 Å². The molecule has 0 bridgehead atoms. The Morgan fingerprint density at radius 2 is 1.75 bits per heavy atom. The van der Waals surface area contributed by atoms with Gasteiger partial charge in [-0.1, -0.05) is 17.7 Å². The number of sulfonamides is 1. The van der Waals surface area contributed by atoms with Crippen LogP contribution in [0.3, 0.4) is 0 Å². The number of benzene rings is 2. The smallest absolute Gasteiger partial charge is 0.262 e. The Morgan fingerprint density at radius 3 is 2.44 bits per heavy atom. The summed E-state index contributed by atoms with van der Waals surface area (Å²) in [6, 6.07) is 13.0. The summed E-state index contributed by atoms with van der Waals surface area (Å²) < 4.78 is 35.7. The van der Waals surface area contributed by atoms with Crippen molar-refractivity contribution in [3.05, 3.63) is 83.2 Å². The Balaban J connectivity index is 1.53. The molecular formula is C22H20ClN5O3S. The molecule has 2 heterocycles. The number of rotatable bonds is 6. The lowest BCUT2D eigenvalue weighted by atomic mass is 10.2. The van der Waals surface area contributed by atoms with E-state index in [0.717, 1.165) is 5.82 Å². The Morgan fingerprint density at radius 1 is 1.00 bits per heavy atom. The second-order valence-corrected chi connectivity index (χ2v) is 9.19. The Kier molecular flexibility index (Phi) is 5.86. The van der Waals surface area contributed by atoms with Gasteiger partial charge >= 0.3 is 0 Å². The zero-order valence-electron chi connectivity index (χ0n) is 17.6. The number of imidazole rings is 1. The van der Waals surface area contributed by atoms with Gasteiger partial charge in [0.05, 0.1) is 4.90 Å². The third kappa shape index (κ3) is 4.74. The van der Waals surface area contributed by atoms with Gasteiger partial charge in [-0.2, -0.15) is 4.98 Å². The molecule has 0 atom stereocenters. The van der Waals surface area contributed by atoms with Crippen molar-refractivity contribution in [1.29, 1.82) is 0 Å². The third-order valence-corrected chi connectivity index (χ3v) is 6.40. The molecule has 0 radical (unpaired) electrons. The Labute approximate surface area is 191 Å². The second kappa shape index (κ2) is 8.60. The molecule has 0 spiro atoms. The first-order valence-electron chi connectivity index (χ1n) is 9.64. The maximum absolute atomic E-state index is 12.7. The largest absolute Gasteiger partial charge is 0.439 e. The van der Waals surface area contributed by atoms with Crippen molar-refractivity contribution in [2.75, 3.05) is 4.72 Å². The number of nitrogens with one attached hydrogen (secondary N) is 1. The summed E-state index contributed by atoms with van der Waals surface area (Å²) in [6.07, 6.45) is 3.50. The lowest BCUT2D eigenvalue weighted by Gasteiger charge is -2.12. The second-order valence-electron chi connectivity index (χ2n) is 7.10. The van der Waals surface area contributed by atoms with Gasteiger partial charge in [-0.25, -0.2) is 18.4 Å². The molecular weight excluding hydrogens is 450 g/mol. The highest BCUT2D eigenvalue weighted by Gasteiger charge is 2.17. The van der Waals surface area contributed by atoms with Crippen molar-refractivity contribution < 1.29 is 13.2 Å². The Hall–Kier alpha value is -3.43. The summed E-state index contributed by atoms with van der Waals surface area (Å²) in [4.78, 5) is 13.1. The lowest BCUT2D eigenvalue weighted by Crippen LogP contribution is -2.14. The standard InChI is InChI=1S/C22H20ClN5O3S/c1-14-4-5-17(23)12-20(14)32(29,30)27-18-6-8-19(9-7-18)31-22-13-21(25-15(2)26-22)28-11-10-24-16(28)3/h4-13,27H,1-3H3. The molecule has 1 N–H and O–H groups in total. The van der Waals surface area contributed by atoms with Crippen LogP contribution >= 0.6 is 11.6 Å². The van der Waals surface area contributed by atoms with E-state index in [9.17, 15) is 8.42 Å². The van der Waals surface area contributed by atoms with E-state index in [1.807, 2.05) is 17.7 Å². The van der Waals surface area contributed by atoms with E-state index in [4.69, 9.17) is 16.3 Å². The van der Waals surface area contributed by atoms with Crippen LogP contribution in [0.5, 0.6) is 11.6 Å². The number of anilines is 1. The summed E-state index contributed by atoms with van der Waals surface area (Å²) in [5.41, 5.74) is 0.996. The van der Waals surface area contributed by atoms with Crippen molar-refractivity contribution >= 4 is 27.3 Å². The molecule has 0 amide bonds. The van der Waals surface area contributed by atoms with Gasteiger partial charge in [-0.05, 0) is 62.7 Å². The normalized spacial score (nSPS) is 11.4. The number of hydrogen-bond donors (Lipinski definition) is 1. The molecule has 32 heavy (non-hydrogen) atoms. The summed E-state index contributed by atoms with van der Waals surface area (Å²) in [5, 5.41) is 0.352. The molecule has 0 fully saturated rings. The van der Waals surface area contributed by atoms with Gasteiger partial charge in [-0.3, -0.25) is 9.29 Å². The average molecular weight is 470 g/mol. The molecule has 2 aromatic carbocycles. The molecule has 10 heteroatoms. The first-order chi connectivity index (χ1) is 15.2. The highest BCUT2D eigenvalue weighted by Crippen LogP contribution is 2.26. The van der Waals surface area contributed by atoms with Gasteiger partial charge in [0.15, 0.2) is 0 Å². The van der Waals surface area contributed by atoms with Crippen LogP contribution in [0.15, 0.2) is 65.8 Å². The van der Waals surface area contributed by atoms with Crippen LogP contribution in [0.1, 0.15) is 17.2 Å². The van der Waals surface area contributed by atoms with Crippen LogP contribution in [0.25, 0.3) is 5.82 Å². The quantitative estimate of drug-likeness (QED) is 0.434. The minimum atomic E-state index is -3.78. The van der Waals surface area contributed by atoms with Crippen LogP contribution in [0, 0.1) is 20.8 Å². The molecule has 2 aromatic heterocycles. The maximum atomic E-state index is 12.7. The summed E-state index contributed by atoms with van der Waals surface area (Å²) in [7, 11) is -3.78. The van der Waals surface area contributed by atoms with E-state index in [-0.39, 0.29) is 4.90 Å². The molecule has 0 saturated heterocycles. The molecule has 0 saturated carbocycles. The fourth-order valence-electron chi connectivity index (χ4n) is 3.11. The molecule has 0 unspecified atom stereocenters. The summed E-state index contributed by atoms with van der Waals surface area (Å²) >= 11 is 5.96. The van der Waals surface area contributed by atoms with E-state index in [1.54, 1.807) is 62.5 Å². The monoisotopic (exact) mass is 469 g/mol. The zero-order chi connectivity index (χ0) is 22.9. The van der Waals surface area contributed by atoms with Crippen LogP contribution in [-0.4, -0.2) is 27.9 Å². The number of aromatic nitrogens is 4. The summed E-state index contributed by atoms with van der Waals surface area (Å²) in [6.45, 7) is 5.37. The van der Waals surface area contributed by atoms with Gasteiger partial charge in [0.2, 0.25) is 5.88 Å². The number of aryl methyl sites for hydroxylation is 3. The van der Waals surface area contributed by atoms with Gasteiger partial charge in [-0.15, -0.1) is 0 Å². The predicted octanol–water partition coefficient (Wildman–Crippen LogP) is 4.83. The number of ether oxygens (including phenoxy) is 1. The van der Waals surface area contributed by atoms with E-state index < -0.39 is 10.0 Å². The van der Waals surface area contributed by atoms with Crippen LogP contribution < -0.4 is 9.46 Å². The van der Waals surface area contributed by atoms with E-state index in [1.165, 1.54) is 6.07 Å². The zero-order valence-corrected chi connectivity index (χ0v) is 19.1. The van der Waals surface area contributed by atoms with Crippen molar-refractivity contribution in [3.8, 4) is 17.4 Å². The van der Waals surface area contributed by atoms with Gasteiger partial charge in [0.1, 0.15) is 23.2 Å². The first kappa shape index (κ1) is 21.8. The van der Waals surface area contributed by atoms with Crippen molar-refractivity contribution in [2.24, 2.45) is 0 Å². The fraction of sp³-hybridized carbons (Fsp3) is 0.136.